The van der Waals surface area contributed by atoms with E-state index in [1.807, 2.05) is 13.0 Å². The summed E-state index contributed by atoms with van der Waals surface area (Å²) in [5, 5.41) is 3.16. The quantitative estimate of drug-likeness (QED) is 0.586. The summed E-state index contributed by atoms with van der Waals surface area (Å²) in [6.45, 7) is 3.54. The number of nitrogens with two attached hydrogens (primary N) is 1. The first-order chi connectivity index (χ1) is 14.3. The zero-order valence-electron chi connectivity index (χ0n) is 16.4. The Balaban J connectivity index is 1.61. The van der Waals surface area contributed by atoms with Crippen LogP contribution in [0.1, 0.15) is 22.8 Å². The zero-order chi connectivity index (χ0) is 21.7. The number of hydrogen-bond acceptors (Lipinski definition) is 5. The first kappa shape index (κ1) is 21.1. The minimum absolute atomic E-state index is 0.297. The molecule has 7 nitrogen and oxygen atoms in total. The maximum absolute atomic E-state index is 12.4. The number of carbonyl (C=O) groups excluding carboxylic acids is 2. The number of amides is 2. The van der Waals surface area contributed by atoms with E-state index in [9.17, 15) is 9.59 Å². The molecule has 1 unspecified atom stereocenters. The zero-order valence-corrected chi connectivity index (χ0v) is 17.1. The Bertz CT molecular complexity index is 1070. The van der Waals surface area contributed by atoms with Gasteiger partial charge < -0.3 is 20.5 Å². The van der Waals surface area contributed by atoms with Crippen molar-refractivity contribution >= 4 is 29.1 Å². The van der Waals surface area contributed by atoms with Crippen LogP contribution in [0.5, 0.6) is 17.4 Å². The van der Waals surface area contributed by atoms with E-state index in [2.05, 4.69) is 10.3 Å². The summed E-state index contributed by atoms with van der Waals surface area (Å²) in [4.78, 5) is 27.8. The third kappa shape index (κ3) is 5.48. The first-order valence-electron chi connectivity index (χ1n) is 9.09. The second-order valence-corrected chi connectivity index (χ2v) is 6.97. The molecule has 0 saturated heterocycles. The number of aryl methyl sites for hydroxylation is 1. The Morgan fingerprint density at radius 2 is 1.93 bits per heavy atom. The fraction of sp³-hybridized carbons (Fsp3) is 0.136. The molecule has 0 radical (unpaired) electrons. The van der Waals surface area contributed by atoms with Crippen LogP contribution in [-0.2, 0) is 4.79 Å². The summed E-state index contributed by atoms with van der Waals surface area (Å²) in [5.74, 6) is 0.268. The highest BCUT2D eigenvalue weighted by molar-refractivity contribution is 6.32. The standard InChI is InChI=1S/C22H20ClN3O4/c1-13-6-8-18(23)19(10-13)29-14(2)22(28)26-16-7-9-20(25-12-16)30-17-5-3-4-15(11-17)21(24)27/h3-12,14H,1-2H3,(H2,24,27)(H,26,28). The van der Waals surface area contributed by atoms with Gasteiger partial charge >= 0.3 is 0 Å². The molecule has 1 heterocycles. The van der Waals surface area contributed by atoms with Gasteiger partial charge in [0.25, 0.3) is 5.91 Å². The molecule has 0 aliphatic rings. The molecule has 1 aromatic heterocycles. The molecule has 154 valence electrons. The molecule has 1 atom stereocenters. The van der Waals surface area contributed by atoms with Crippen molar-refractivity contribution < 1.29 is 19.1 Å². The van der Waals surface area contributed by atoms with Gasteiger partial charge in [-0.15, -0.1) is 0 Å². The minimum atomic E-state index is -0.767. The number of halogens is 1. The van der Waals surface area contributed by atoms with Gasteiger partial charge in [-0.3, -0.25) is 9.59 Å². The number of carbonyl (C=O) groups is 2. The number of hydrogen-bond donors (Lipinski definition) is 2. The lowest BCUT2D eigenvalue weighted by Gasteiger charge is -2.16. The third-order valence-corrected chi connectivity index (χ3v) is 4.42. The molecule has 2 aromatic carbocycles. The Hall–Kier alpha value is -3.58. The van der Waals surface area contributed by atoms with Gasteiger partial charge in [0, 0.05) is 11.6 Å². The molecule has 0 aliphatic heterocycles. The largest absolute Gasteiger partial charge is 0.479 e. The third-order valence-electron chi connectivity index (χ3n) is 4.10. The van der Waals surface area contributed by atoms with Crippen LogP contribution in [0.2, 0.25) is 5.02 Å². The summed E-state index contributed by atoms with van der Waals surface area (Å²) in [5.41, 5.74) is 7.05. The molecule has 3 aromatic rings. The lowest BCUT2D eigenvalue weighted by molar-refractivity contribution is -0.122. The van der Waals surface area contributed by atoms with Gasteiger partial charge in [-0.05, 0) is 55.8 Å². The van der Waals surface area contributed by atoms with E-state index in [0.29, 0.717) is 33.7 Å². The van der Waals surface area contributed by atoms with E-state index in [1.54, 1.807) is 49.4 Å². The van der Waals surface area contributed by atoms with Crippen molar-refractivity contribution in [3.8, 4) is 17.4 Å². The Labute approximate surface area is 178 Å². The number of nitrogens with zero attached hydrogens (tertiary/aromatic N) is 1. The van der Waals surface area contributed by atoms with Crippen LogP contribution in [0.25, 0.3) is 0 Å². The average molecular weight is 426 g/mol. The average Bonchev–Trinajstić information content (AvgIpc) is 2.72. The molecule has 0 spiro atoms. The van der Waals surface area contributed by atoms with Crippen molar-refractivity contribution in [2.24, 2.45) is 5.73 Å². The highest BCUT2D eigenvalue weighted by Crippen LogP contribution is 2.26. The van der Waals surface area contributed by atoms with Gasteiger partial charge in [-0.2, -0.15) is 0 Å². The summed E-state index contributed by atoms with van der Waals surface area (Å²) in [6.07, 6.45) is 0.689. The topological polar surface area (TPSA) is 104 Å². The van der Waals surface area contributed by atoms with E-state index in [-0.39, 0.29) is 5.91 Å². The number of nitrogens with one attached hydrogen (secondary N) is 1. The summed E-state index contributed by atoms with van der Waals surface area (Å²) in [7, 11) is 0. The lowest BCUT2D eigenvalue weighted by Crippen LogP contribution is -2.30. The molecular formula is C22H20ClN3O4. The van der Waals surface area contributed by atoms with Crippen molar-refractivity contribution in [2.45, 2.75) is 20.0 Å². The van der Waals surface area contributed by atoms with Crippen LogP contribution in [0.4, 0.5) is 5.69 Å². The number of benzene rings is 2. The second kappa shape index (κ2) is 9.28. The van der Waals surface area contributed by atoms with Crippen LogP contribution in [-0.4, -0.2) is 22.9 Å². The molecule has 0 fully saturated rings. The molecule has 3 rings (SSSR count). The van der Waals surface area contributed by atoms with Gasteiger partial charge in [0.2, 0.25) is 11.8 Å². The Kier molecular flexibility index (Phi) is 6.54. The Morgan fingerprint density at radius 1 is 1.13 bits per heavy atom. The molecule has 0 aliphatic carbocycles. The van der Waals surface area contributed by atoms with Crippen molar-refractivity contribution in [3.63, 3.8) is 0 Å². The molecule has 8 heteroatoms. The Morgan fingerprint density at radius 3 is 2.63 bits per heavy atom. The predicted molar refractivity (Wildman–Crippen MR) is 114 cm³/mol. The number of anilines is 1. The number of ether oxygens (including phenoxy) is 2. The van der Waals surface area contributed by atoms with Gasteiger partial charge in [-0.25, -0.2) is 4.98 Å². The summed E-state index contributed by atoms with van der Waals surface area (Å²) >= 11 is 6.11. The number of aromatic nitrogens is 1. The van der Waals surface area contributed by atoms with Crippen LogP contribution in [0.3, 0.4) is 0 Å². The maximum atomic E-state index is 12.4. The van der Waals surface area contributed by atoms with E-state index in [0.717, 1.165) is 5.56 Å². The van der Waals surface area contributed by atoms with Crippen molar-refractivity contribution in [1.82, 2.24) is 4.98 Å². The molecule has 30 heavy (non-hydrogen) atoms. The second-order valence-electron chi connectivity index (χ2n) is 6.56. The molecule has 3 N–H and O–H groups in total. The van der Waals surface area contributed by atoms with Crippen LogP contribution in [0, 0.1) is 6.92 Å². The fourth-order valence-electron chi connectivity index (χ4n) is 2.54. The fourth-order valence-corrected chi connectivity index (χ4v) is 2.70. The first-order valence-corrected chi connectivity index (χ1v) is 9.47. The van der Waals surface area contributed by atoms with Crippen LogP contribution >= 0.6 is 11.6 Å². The predicted octanol–water partition coefficient (Wildman–Crippen LogP) is 4.34. The number of rotatable bonds is 7. The molecule has 0 saturated carbocycles. The van der Waals surface area contributed by atoms with E-state index >= 15 is 0 Å². The van der Waals surface area contributed by atoms with Crippen LogP contribution < -0.4 is 20.5 Å². The van der Waals surface area contributed by atoms with Gasteiger partial charge in [0.05, 0.1) is 16.9 Å². The van der Waals surface area contributed by atoms with Gasteiger partial charge in [-0.1, -0.05) is 23.7 Å². The minimum Gasteiger partial charge on any atom is -0.479 e. The summed E-state index contributed by atoms with van der Waals surface area (Å²) < 4.78 is 11.3. The SMILES string of the molecule is Cc1ccc(Cl)c(OC(C)C(=O)Nc2ccc(Oc3cccc(C(N)=O)c3)nc2)c1. The monoisotopic (exact) mass is 425 g/mol. The van der Waals surface area contributed by atoms with Gasteiger partial charge in [0.1, 0.15) is 11.5 Å². The normalized spacial score (nSPS) is 11.4. The summed E-state index contributed by atoms with van der Waals surface area (Å²) in [6, 6.07) is 15.0. The molecule has 2 amide bonds. The highest BCUT2D eigenvalue weighted by Gasteiger charge is 2.17. The van der Waals surface area contributed by atoms with E-state index in [4.69, 9.17) is 26.8 Å². The van der Waals surface area contributed by atoms with E-state index < -0.39 is 12.0 Å². The van der Waals surface area contributed by atoms with E-state index in [1.165, 1.54) is 12.3 Å². The number of pyridine rings is 1. The smallest absolute Gasteiger partial charge is 0.265 e. The van der Waals surface area contributed by atoms with Crippen molar-refractivity contribution in [2.75, 3.05) is 5.32 Å². The van der Waals surface area contributed by atoms with Gasteiger partial charge in [0.15, 0.2) is 6.10 Å². The lowest BCUT2D eigenvalue weighted by atomic mass is 10.2. The van der Waals surface area contributed by atoms with Crippen LogP contribution in [0.15, 0.2) is 60.8 Å². The van der Waals surface area contributed by atoms with Crippen molar-refractivity contribution in [1.29, 1.82) is 0 Å². The number of primary amides is 1. The van der Waals surface area contributed by atoms with Crippen molar-refractivity contribution in [3.05, 3.63) is 76.9 Å². The molecule has 0 bridgehead atoms. The maximum Gasteiger partial charge on any atom is 0.265 e. The molecular weight excluding hydrogens is 406 g/mol. The highest BCUT2D eigenvalue weighted by atomic mass is 35.5.